The standard InChI is InChI=1S/C12H19N3O.ClH/c1-15-8-2-3-11(15)12(16)14-10-6-4-9(13)5-7-10;/h2-3,8-10H,4-7,13H2,1H3,(H,14,16);1H. The summed E-state index contributed by atoms with van der Waals surface area (Å²) in [6.07, 6.45) is 5.90. The van der Waals surface area contributed by atoms with Crippen LogP contribution in [-0.2, 0) is 7.05 Å². The summed E-state index contributed by atoms with van der Waals surface area (Å²) in [7, 11) is 1.88. The zero-order valence-corrected chi connectivity index (χ0v) is 10.9. The third-order valence-electron chi connectivity index (χ3n) is 3.28. The number of aryl methyl sites for hydroxylation is 1. The van der Waals surface area contributed by atoms with Gasteiger partial charge in [0.25, 0.3) is 5.91 Å². The second-order valence-electron chi connectivity index (χ2n) is 4.59. The zero-order valence-electron chi connectivity index (χ0n) is 10.1. The molecule has 96 valence electrons. The summed E-state index contributed by atoms with van der Waals surface area (Å²) in [5.41, 5.74) is 6.55. The number of rotatable bonds is 2. The molecule has 0 spiro atoms. The Morgan fingerprint density at radius 1 is 1.41 bits per heavy atom. The normalized spacial score (nSPS) is 23.9. The maximum atomic E-state index is 11.9. The fourth-order valence-electron chi connectivity index (χ4n) is 2.22. The Morgan fingerprint density at radius 3 is 2.59 bits per heavy atom. The predicted molar refractivity (Wildman–Crippen MR) is 70.4 cm³/mol. The number of carbonyl (C=O) groups is 1. The largest absolute Gasteiger partial charge is 0.348 e. The molecule has 2 rings (SSSR count). The quantitative estimate of drug-likeness (QED) is 0.843. The van der Waals surface area contributed by atoms with Crippen LogP contribution in [0.2, 0.25) is 0 Å². The zero-order chi connectivity index (χ0) is 11.5. The molecule has 1 aliphatic carbocycles. The molecule has 0 unspecified atom stereocenters. The Labute approximate surface area is 108 Å². The summed E-state index contributed by atoms with van der Waals surface area (Å²) in [4.78, 5) is 11.9. The van der Waals surface area contributed by atoms with Gasteiger partial charge in [-0.25, -0.2) is 0 Å². The minimum atomic E-state index is 0. The lowest BCUT2D eigenvalue weighted by atomic mass is 9.92. The van der Waals surface area contributed by atoms with Crippen molar-refractivity contribution in [3.8, 4) is 0 Å². The second kappa shape index (κ2) is 6.07. The maximum Gasteiger partial charge on any atom is 0.268 e. The summed E-state index contributed by atoms with van der Waals surface area (Å²) >= 11 is 0. The Bertz CT molecular complexity index is 370. The van der Waals surface area contributed by atoms with Gasteiger partial charge in [-0.05, 0) is 37.8 Å². The van der Waals surface area contributed by atoms with Gasteiger partial charge >= 0.3 is 0 Å². The highest BCUT2D eigenvalue weighted by Crippen LogP contribution is 2.17. The van der Waals surface area contributed by atoms with Crippen molar-refractivity contribution in [2.45, 2.75) is 37.8 Å². The molecule has 1 aromatic rings. The van der Waals surface area contributed by atoms with E-state index in [9.17, 15) is 4.79 Å². The Balaban J connectivity index is 0.00000144. The van der Waals surface area contributed by atoms with E-state index in [4.69, 9.17) is 5.73 Å². The minimum absolute atomic E-state index is 0. The molecule has 1 saturated carbocycles. The molecule has 1 amide bonds. The van der Waals surface area contributed by atoms with E-state index in [2.05, 4.69) is 5.32 Å². The molecule has 0 radical (unpaired) electrons. The van der Waals surface area contributed by atoms with E-state index in [0.717, 1.165) is 31.4 Å². The molecule has 5 heteroatoms. The number of halogens is 1. The highest BCUT2D eigenvalue weighted by molar-refractivity contribution is 5.92. The lowest BCUT2D eigenvalue weighted by Crippen LogP contribution is -2.40. The fraction of sp³-hybridized carbons (Fsp3) is 0.583. The first-order valence-electron chi connectivity index (χ1n) is 5.84. The predicted octanol–water partition coefficient (Wildman–Crippen LogP) is 1.45. The molecular formula is C12H20ClN3O. The van der Waals surface area contributed by atoms with Crippen LogP contribution in [0.25, 0.3) is 0 Å². The Morgan fingerprint density at radius 2 is 2.06 bits per heavy atom. The Kier molecular flexibility index (Phi) is 5.02. The van der Waals surface area contributed by atoms with Crippen molar-refractivity contribution in [2.75, 3.05) is 0 Å². The van der Waals surface area contributed by atoms with E-state index in [-0.39, 0.29) is 18.3 Å². The maximum absolute atomic E-state index is 11.9. The highest BCUT2D eigenvalue weighted by Gasteiger charge is 2.21. The molecule has 0 atom stereocenters. The number of nitrogens with one attached hydrogen (secondary N) is 1. The Hall–Kier alpha value is -1.00. The van der Waals surface area contributed by atoms with E-state index in [1.807, 2.05) is 29.9 Å². The smallest absolute Gasteiger partial charge is 0.268 e. The first-order valence-corrected chi connectivity index (χ1v) is 5.84. The van der Waals surface area contributed by atoms with Crippen LogP contribution in [0.3, 0.4) is 0 Å². The number of hydrogen-bond acceptors (Lipinski definition) is 2. The molecule has 0 saturated heterocycles. The van der Waals surface area contributed by atoms with Crippen molar-refractivity contribution in [3.05, 3.63) is 24.0 Å². The van der Waals surface area contributed by atoms with Crippen molar-refractivity contribution in [1.29, 1.82) is 0 Å². The molecule has 1 aromatic heterocycles. The van der Waals surface area contributed by atoms with Gasteiger partial charge in [0.2, 0.25) is 0 Å². The van der Waals surface area contributed by atoms with Crippen molar-refractivity contribution in [2.24, 2.45) is 12.8 Å². The number of nitrogens with two attached hydrogens (primary N) is 1. The van der Waals surface area contributed by atoms with Crippen LogP contribution in [0.1, 0.15) is 36.2 Å². The van der Waals surface area contributed by atoms with Crippen LogP contribution in [0.4, 0.5) is 0 Å². The molecule has 17 heavy (non-hydrogen) atoms. The second-order valence-corrected chi connectivity index (χ2v) is 4.59. The number of carbonyl (C=O) groups excluding carboxylic acids is 1. The summed E-state index contributed by atoms with van der Waals surface area (Å²) in [5, 5.41) is 3.07. The van der Waals surface area contributed by atoms with Crippen LogP contribution in [0.5, 0.6) is 0 Å². The van der Waals surface area contributed by atoms with E-state index in [0.29, 0.717) is 12.1 Å². The number of hydrogen-bond donors (Lipinski definition) is 2. The molecule has 1 heterocycles. The fourth-order valence-corrected chi connectivity index (χ4v) is 2.22. The minimum Gasteiger partial charge on any atom is -0.348 e. The summed E-state index contributed by atoms with van der Waals surface area (Å²) in [5.74, 6) is 0.0213. The van der Waals surface area contributed by atoms with Gasteiger partial charge in [-0.3, -0.25) is 4.79 Å². The van der Waals surface area contributed by atoms with Gasteiger partial charge in [-0.1, -0.05) is 0 Å². The van der Waals surface area contributed by atoms with Crippen LogP contribution in [0, 0.1) is 0 Å². The van der Waals surface area contributed by atoms with Crippen LogP contribution < -0.4 is 11.1 Å². The van der Waals surface area contributed by atoms with Gasteiger partial charge in [0.05, 0.1) is 0 Å². The van der Waals surface area contributed by atoms with E-state index < -0.39 is 0 Å². The summed E-state index contributed by atoms with van der Waals surface area (Å²) in [6.45, 7) is 0. The SMILES string of the molecule is Cl.Cn1cccc1C(=O)NC1CCC(N)CC1. The third-order valence-corrected chi connectivity index (χ3v) is 3.28. The topological polar surface area (TPSA) is 60.0 Å². The number of amides is 1. The molecule has 0 aliphatic heterocycles. The number of aromatic nitrogens is 1. The average Bonchev–Trinajstić information content (AvgIpc) is 2.68. The summed E-state index contributed by atoms with van der Waals surface area (Å²) in [6, 6.07) is 4.33. The number of nitrogens with zero attached hydrogens (tertiary/aromatic N) is 1. The van der Waals surface area contributed by atoms with Gasteiger partial charge in [0.1, 0.15) is 5.69 Å². The molecule has 0 bridgehead atoms. The molecule has 1 aliphatic rings. The molecule has 1 fully saturated rings. The lowest BCUT2D eigenvalue weighted by molar-refractivity contribution is 0.0917. The summed E-state index contributed by atoms with van der Waals surface area (Å²) < 4.78 is 1.84. The van der Waals surface area contributed by atoms with Crippen molar-refractivity contribution in [1.82, 2.24) is 9.88 Å². The van der Waals surface area contributed by atoms with Crippen molar-refractivity contribution >= 4 is 18.3 Å². The lowest BCUT2D eigenvalue weighted by Gasteiger charge is -2.26. The molecule has 4 nitrogen and oxygen atoms in total. The average molecular weight is 258 g/mol. The van der Waals surface area contributed by atoms with E-state index in [1.54, 1.807) is 0 Å². The first-order chi connectivity index (χ1) is 7.66. The van der Waals surface area contributed by atoms with Gasteiger partial charge in [0.15, 0.2) is 0 Å². The van der Waals surface area contributed by atoms with Gasteiger partial charge < -0.3 is 15.6 Å². The van der Waals surface area contributed by atoms with E-state index in [1.165, 1.54) is 0 Å². The third kappa shape index (κ3) is 3.48. The highest BCUT2D eigenvalue weighted by atomic mass is 35.5. The first kappa shape index (κ1) is 14.1. The molecule has 3 N–H and O–H groups in total. The van der Waals surface area contributed by atoms with Crippen LogP contribution >= 0.6 is 12.4 Å². The van der Waals surface area contributed by atoms with Crippen molar-refractivity contribution in [3.63, 3.8) is 0 Å². The van der Waals surface area contributed by atoms with Crippen LogP contribution in [-0.4, -0.2) is 22.6 Å². The van der Waals surface area contributed by atoms with Crippen molar-refractivity contribution < 1.29 is 4.79 Å². The van der Waals surface area contributed by atoms with Gasteiger partial charge in [0, 0.05) is 25.3 Å². The monoisotopic (exact) mass is 257 g/mol. The van der Waals surface area contributed by atoms with Crippen LogP contribution in [0.15, 0.2) is 18.3 Å². The molecule has 0 aromatic carbocycles. The van der Waals surface area contributed by atoms with Gasteiger partial charge in [-0.15, -0.1) is 12.4 Å². The van der Waals surface area contributed by atoms with E-state index >= 15 is 0 Å². The molecular weight excluding hydrogens is 238 g/mol. The van der Waals surface area contributed by atoms with Gasteiger partial charge in [-0.2, -0.15) is 0 Å².